The van der Waals surface area contributed by atoms with Gasteiger partial charge in [0.2, 0.25) is 12.7 Å². The molecule has 0 radical (unpaired) electrons. The minimum absolute atomic E-state index is 0.222. The Labute approximate surface area is 166 Å². The molecule has 5 rings (SSSR count). The summed E-state index contributed by atoms with van der Waals surface area (Å²) in [6.07, 6.45) is 1.75. The molecule has 1 aliphatic rings. The van der Waals surface area contributed by atoms with Crippen LogP contribution in [0.5, 0.6) is 11.5 Å². The summed E-state index contributed by atoms with van der Waals surface area (Å²) in [6, 6.07) is 18.6. The molecule has 142 valence electrons. The fourth-order valence-corrected chi connectivity index (χ4v) is 3.32. The number of amides is 1. The van der Waals surface area contributed by atoms with Crippen molar-refractivity contribution in [3.8, 4) is 45.5 Å². The van der Waals surface area contributed by atoms with Gasteiger partial charge in [-0.05, 0) is 54.6 Å². The van der Waals surface area contributed by atoms with Gasteiger partial charge in [-0.1, -0.05) is 6.07 Å². The number of aromatic amines is 2. The number of nitrogens with zero attached hydrogens (tertiary/aromatic N) is 1. The van der Waals surface area contributed by atoms with E-state index in [0.717, 1.165) is 39.8 Å². The summed E-state index contributed by atoms with van der Waals surface area (Å²) in [7, 11) is 0. The first-order valence-electron chi connectivity index (χ1n) is 9.06. The van der Waals surface area contributed by atoms with Crippen molar-refractivity contribution in [1.29, 1.82) is 0 Å². The summed E-state index contributed by atoms with van der Waals surface area (Å²) in [4.78, 5) is 22.7. The van der Waals surface area contributed by atoms with Crippen molar-refractivity contribution in [2.24, 2.45) is 5.73 Å². The van der Waals surface area contributed by atoms with E-state index < -0.39 is 5.91 Å². The molecule has 0 saturated heterocycles. The molecular formula is C22H17N4O3+. The minimum Gasteiger partial charge on any atom is -0.454 e. The number of nitrogens with one attached hydrogen (secondary N) is 2. The van der Waals surface area contributed by atoms with E-state index in [4.69, 9.17) is 15.2 Å². The van der Waals surface area contributed by atoms with Crippen LogP contribution >= 0.6 is 0 Å². The number of fused-ring (bicyclic) bond motifs is 1. The van der Waals surface area contributed by atoms with E-state index in [1.807, 2.05) is 48.5 Å². The highest BCUT2D eigenvalue weighted by Gasteiger charge is 2.24. The predicted molar refractivity (Wildman–Crippen MR) is 106 cm³/mol. The van der Waals surface area contributed by atoms with Crippen LogP contribution < -0.4 is 20.2 Å². The van der Waals surface area contributed by atoms with Crippen LogP contribution in [0.3, 0.4) is 0 Å². The van der Waals surface area contributed by atoms with Gasteiger partial charge < -0.3 is 15.2 Å². The van der Waals surface area contributed by atoms with Gasteiger partial charge >= 0.3 is 0 Å². The molecule has 0 aliphatic carbocycles. The molecule has 7 heteroatoms. The van der Waals surface area contributed by atoms with Crippen molar-refractivity contribution in [3.63, 3.8) is 0 Å². The van der Waals surface area contributed by atoms with Gasteiger partial charge in [0, 0.05) is 17.3 Å². The number of pyridine rings is 1. The molecule has 29 heavy (non-hydrogen) atoms. The Balaban J connectivity index is 1.64. The Hall–Kier alpha value is -4.13. The normalized spacial score (nSPS) is 12.1. The van der Waals surface area contributed by atoms with Crippen molar-refractivity contribution in [2.45, 2.75) is 0 Å². The van der Waals surface area contributed by atoms with E-state index in [2.05, 4.69) is 15.0 Å². The molecule has 4 aromatic rings. The highest BCUT2D eigenvalue weighted by Crippen LogP contribution is 2.37. The topological polar surface area (TPSA) is 104 Å². The van der Waals surface area contributed by atoms with Gasteiger partial charge in [0.1, 0.15) is 5.69 Å². The number of hydrogen-bond acceptors (Lipinski definition) is 4. The number of carbonyl (C=O) groups excluding carboxylic acids is 1. The van der Waals surface area contributed by atoms with Gasteiger partial charge in [-0.25, -0.2) is 9.97 Å². The number of primary amides is 1. The maximum Gasteiger partial charge on any atom is 0.285 e. The van der Waals surface area contributed by atoms with Crippen LogP contribution in [0.4, 0.5) is 0 Å². The number of aromatic nitrogens is 3. The first kappa shape index (κ1) is 17.0. The highest BCUT2D eigenvalue weighted by molar-refractivity contribution is 5.93. The maximum absolute atomic E-state index is 11.3. The number of nitrogens with two attached hydrogens (primary N) is 1. The third-order valence-electron chi connectivity index (χ3n) is 4.79. The molecule has 0 unspecified atom stereocenters. The average Bonchev–Trinajstić information content (AvgIpc) is 3.41. The quantitative estimate of drug-likeness (QED) is 0.563. The van der Waals surface area contributed by atoms with Crippen LogP contribution in [0.1, 0.15) is 10.4 Å². The largest absolute Gasteiger partial charge is 0.454 e. The Bertz CT molecular complexity index is 1200. The fraction of sp³-hybridized carbons (Fsp3) is 0.0455. The van der Waals surface area contributed by atoms with E-state index in [9.17, 15) is 4.79 Å². The van der Waals surface area contributed by atoms with Crippen LogP contribution in [0.15, 0.2) is 66.9 Å². The summed E-state index contributed by atoms with van der Waals surface area (Å²) in [5.41, 5.74) is 10.1. The molecule has 0 spiro atoms. The Morgan fingerprint density at radius 3 is 2.55 bits per heavy atom. The molecule has 2 aromatic heterocycles. The molecule has 4 N–H and O–H groups in total. The van der Waals surface area contributed by atoms with Crippen molar-refractivity contribution < 1.29 is 19.3 Å². The van der Waals surface area contributed by atoms with Gasteiger partial charge in [-0.15, -0.1) is 0 Å². The molecule has 3 heterocycles. The smallest absolute Gasteiger partial charge is 0.285 e. The third kappa shape index (κ3) is 3.08. The van der Waals surface area contributed by atoms with Crippen molar-refractivity contribution in [1.82, 2.24) is 9.97 Å². The zero-order chi connectivity index (χ0) is 19.8. The monoisotopic (exact) mass is 385 g/mol. The van der Waals surface area contributed by atoms with Crippen LogP contribution in [0, 0.1) is 0 Å². The zero-order valence-corrected chi connectivity index (χ0v) is 15.3. The van der Waals surface area contributed by atoms with Gasteiger partial charge in [0.25, 0.3) is 5.82 Å². The Morgan fingerprint density at radius 2 is 1.79 bits per heavy atom. The number of carbonyl (C=O) groups is 1. The van der Waals surface area contributed by atoms with Gasteiger partial charge in [0.15, 0.2) is 22.9 Å². The lowest BCUT2D eigenvalue weighted by molar-refractivity contribution is -0.349. The van der Waals surface area contributed by atoms with Crippen molar-refractivity contribution in [3.05, 3.63) is 72.4 Å². The molecule has 0 saturated carbocycles. The molecule has 0 fully saturated rings. The number of rotatable bonds is 4. The van der Waals surface area contributed by atoms with Gasteiger partial charge in [-0.3, -0.25) is 9.78 Å². The van der Waals surface area contributed by atoms with E-state index in [1.54, 1.807) is 18.3 Å². The molecule has 0 atom stereocenters. The summed E-state index contributed by atoms with van der Waals surface area (Å²) in [6.45, 7) is 0.222. The molecule has 2 aromatic carbocycles. The summed E-state index contributed by atoms with van der Waals surface area (Å²) in [5, 5.41) is 0. The first-order chi connectivity index (χ1) is 14.2. The van der Waals surface area contributed by atoms with E-state index in [1.165, 1.54) is 0 Å². The summed E-state index contributed by atoms with van der Waals surface area (Å²) >= 11 is 0. The van der Waals surface area contributed by atoms with E-state index in [-0.39, 0.29) is 6.79 Å². The van der Waals surface area contributed by atoms with E-state index in [0.29, 0.717) is 11.3 Å². The number of H-pyrrole nitrogens is 2. The lowest BCUT2D eigenvalue weighted by atomic mass is 10.1. The second kappa shape index (κ2) is 6.79. The second-order valence-electron chi connectivity index (χ2n) is 6.60. The Morgan fingerprint density at radius 1 is 1.00 bits per heavy atom. The highest BCUT2D eigenvalue weighted by atomic mass is 16.7. The number of hydrogen-bond donors (Lipinski definition) is 2. The van der Waals surface area contributed by atoms with Crippen molar-refractivity contribution in [2.75, 3.05) is 6.79 Å². The minimum atomic E-state index is -0.456. The van der Waals surface area contributed by atoms with E-state index >= 15 is 0 Å². The van der Waals surface area contributed by atoms with Crippen LogP contribution in [0.2, 0.25) is 0 Å². The standard InChI is InChI=1S/C22H16N4O3/c23-21(27)13-4-6-14(7-5-13)22-25-19(20(26-22)16-3-1-2-10-24-16)15-8-9-17-18(11-15)29-12-28-17/h1-11H,12H2,(H2,23,27)(H,25,26)/p+1. The molecular weight excluding hydrogens is 368 g/mol. The third-order valence-corrected chi connectivity index (χ3v) is 4.79. The fourth-order valence-electron chi connectivity index (χ4n) is 3.32. The molecule has 0 bridgehead atoms. The van der Waals surface area contributed by atoms with Crippen molar-refractivity contribution >= 4 is 5.91 Å². The van der Waals surface area contributed by atoms with Crippen LogP contribution in [-0.2, 0) is 0 Å². The second-order valence-corrected chi connectivity index (χ2v) is 6.60. The zero-order valence-electron chi connectivity index (χ0n) is 15.3. The lowest BCUT2D eigenvalue weighted by Gasteiger charge is -2.00. The number of imidazole rings is 1. The first-order valence-corrected chi connectivity index (χ1v) is 9.06. The lowest BCUT2D eigenvalue weighted by Crippen LogP contribution is -2.11. The van der Waals surface area contributed by atoms with Crippen LogP contribution in [0.25, 0.3) is 34.0 Å². The SMILES string of the molecule is NC(=O)c1ccc(-c2[nH]c(-c3ccccn3)c(-c3ccc4c(c3)OCO4)[nH+]2)cc1. The number of benzene rings is 2. The average molecular weight is 385 g/mol. The molecule has 7 nitrogen and oxygen atoms in total. The Kier molecular flexibility index (Phi) is 3.98. The van der Waals surface area contributed by atoms with Gasteiger partial charge in [-0.2, -0.15) is 0 Å². The summed E-state index contributed by atoms with van der Waals surface area (Å²) < 4.78 is 10.9. The molecule has 1 amide bonds. The van der Waals surface area contributed by atoms with Crippen LogP contribution in [-0.4, -0.2) is 22.7 Å². The maximum atomic E-state index is 11.3. The molecule has 1 aliphatic heterocycles. The number of ether oxygens (including phenoxy) is 2. The summed E-state index contributed by atoms with van der Waals surface area (Å²) in [5.74, 6) is 1.76. The van der Waals surface area contributed by atoms with Gasteiger partial charge in [0.05, 0.1) is 5.56 Å². The predicted octanol–water partition coefficient (Wildman–Crippen LogP) is 3.05.